The summed E-state index contributed by atoms with van der Waals surface area (Å²) in [6.45, 7) is 0.726. The maximum absolute atomic E-state index is 10.6. The fraction of sp³-hybridized carbons (Fsp3) is 0.571. The Balaban J connectivity index is 1.71. The molecule has 13 nitrogen and oxygen atoms in total. The summed E-state index contributed by atoms with van der Waals surface area (Å²) >= 11 is 0. The number of carbonyl (C=O) groups is 1. The molecule has 2 saturated heterocycles. The van der Waals surface area contributed by atoms with E-state index in [4.69, 9.17) is 24.1 Å². The minimum absolute atomic E-state index is 0.156. The second-order valence-corrected chi connectivity index (χ2v) is 8.01. The number of aliphatic hydroxyl groups is 6. The van der Waals surface area contributed by atoms with Gasteiger partial charge >= 0.3 is 5.97 Å². The highest BCUT2D eigenvalue weighted by molar-refractivity contribution is 5.85. The highest BCUT2D eigenvalue weighted by Gasteiger charge is 2.50. The number of aliphatic carboxylic acids is 1. The van der Waals surface area contributed by atoms with Gasteiger partial charge in [0.25, 0.3) is 0 Å². The number of carboxylic acids is 1. The van der Waals surface area contributed by atoms with Crippen LogP contribution in [0, 0.1) is 0 Å². The van der Waals surface area contributed by atoms with Crippen LogP contribution in [0.2, 0.25) is 0 Å². The Morgan fingerprint density at radius 1 is 1.00 bits per heavy atom. The van der Waals surface area contributed by atoms with E-state index in [9.17, 15) is 40.5 Å². The van der Waals surface area contributed by atoms with E-state index in [-0.39, 0.29) is 5.75 Å². The molecule has 1 aromatic rings. The molecule has 2 aliphatic rings. The van der Waals surface area contributed by atoms with Crippen molar-refractivity contribution in [3.05, 3.63) is 29.8 Å². The second-order valence-electron chi connectivity index (χ2n) is 8.01. The van der Waals surface area contributed by atoms with Crippen LogP contribution in [0.3, 0.4) is 0 Å². The molecule has 8 N–H and O–H groups in total. The van der Waals surface area contributed by atoms with Crippen LogP contribution >= 0.6 is 0 Å². The zero-order valence-corrected chi connectivity index (χ0v) is 18.0. The first kappa shape index (κ1) is 26.3. The molecule has 0 aliphatic carbocycles. The van der Waals surface area contributed by atoms with Crippen LogP contribution in [0.5, 0.6) is 11.5 Å². The fourth-order valence-corrected chi connectivity index (χ4v) is 3.63. The Morgan fingerprint density at radius 2 is 1.68 bits per heavy atom. The maximum Gasteiger partial charge on any atom is 0.328 e. The largest absolute Gasteiger partial charge is 0.504 e. The first-order valence-corrected chi connectivity index (χ1v) is 10.4. The lowest BCUT2D eigenvalue weighted by Gasteiger charge is -2.45. The number of aliphatic hydroxyl groups excluding tert-OH is 6. The standard InChI is InChI=1S/C21H28O13/c1-8-14(26)15(27)17(29)20(31-8)34-19-12(7-22)33-21(18(30)16(19)28)32-11-4-2-9(6-10(11)23)3-5-13(24)25/h2-6,8,12,14-23,26-30H,7H2,1H3,(H,24,25)/t8-,12+,14-,15+,16+,17+,18+,19+,20-,21+/m0/s1. The number of hydrogen-bond donors (Lipinski definition) is 8. The number of benzene rings is 1. The van der Waals surface area contributed by atoms with Crippen molar-refractivity contribution in [2.75, 3.05) is 6.61 Å². The molecule has 1 aromatic carbocycles. The van der Waals surface area contributed by atoms with Gasteiger partial charge in [-0.3, -0.25) is 0 Å². The number of ether oxygens (including phenoxy) is 4. The van der Waals surface area contributed by atoms with Gasteiger partial charge in [0.05, 0.1) is 12.7 Å². The van der Waals surface area contributed by atoms with Gasteiger partial charge in [-0.05, 0) is 30.7 Å². The van der Waals surface area contributed by atoms with Crippen molar-refractivity contribution in [1.29, 1.82) is 0 Å². The monoisotopic (exact) mass is 488 g/mol. The van der Waals surface area contributed by atoms with Gasteiger partial charge in [0.15, 0.2) is 17.8 Å². The molecule has 2 heterocycles. The molecule has 0 bridgehead atoms. The van der Waals surface area contributed by atoms with Crippen LogP contribution in [0.15, 0.2) is 24.3 Å². The summed E-state index contributed by atoms with van der Waals surface area (Å²) < 4.78 is 21.8. The molecule has 10 atom stereocenters. The number of aromatic hydroxyl groups is 1. The molecule has 0 aromatic heterocycles. The third-order valence-corrected chi connectivity index (χ3v) is 5.56. The molecule has 0 amide bonds. The number of phenolic OH excluding ortho intramolecular Hbond substituents is 1. The smallest absolute Gasteiger partial charge is 0.328 e. The maximum atomic E-state index is 10.6. The van der Waals surface area contributed by atoms with Gasteiger partial charge in [0, 0.05) is 6.08 Å². The van der Waals surface area contributed by atoms with Gasteiger partial charge in [-0.1, -0.05) is 6.07 Å². The second kappa shape index (κ2) is 10.9. The Bertz CT molecular complexity index is 874. The lowest BCUT2D eigenvalue weighted by molar-refractivity contribution is -0.349. The minimum atomic E-state index is -1.74. The molecule has 190 valence electrons. The Hall–Kier alpha value is -2.33. The molecule has 3 rings (SSSR count). The molecule has 13 heteroatoms. The minimum Gasteiger partial charge on any atom is -0.504 e. The Morgan fingerprint density at radius 3 is 2.29 bits per heavy atom. The molecule has 2 fully saturated rings. The van der Waals surface area contributed by atoms with Gasteiger partial charge in [0.1, 0.15) is 42.7 Å². The molecular formula is C21H28O13. The Kier molecular flexibility index (Phi) is 8.46. The van der Waals surface area contributed by atoms with Crippen LogP contribution in [0.25, 0.3) is 6.08 Å². The van der Waals surface area contributed by atoms with E-state index in [0.29, 0.717) is 5.56 Å². The summed E-state index contributed by atoms with van der Waals surface area (Å²) in [5.74, 6) is -1.74. The number of rotatable bonds is 7. The van der Waals surface area contributed by atoms with E-state index in [1.54, 1.807) is 0 Å². The topological polar surface area (TPSA) is 216 Å². The summed E-state index contributed by atoms with van der Waals surface area (Å²) in [5.41, 5.74) is 0.353. The Labute approximate surface area is 193 Å². The summed E-state index contributed by atoms with van der Waals surface area (Å²) in [5, 5.41) is 79.5. The summed E-state index contributed by atoms with van der Waals surface area (Å²) in [4.78, 5) is 10.6. The van der Waals surface area contributed by atoms with Crippen molar-refractivity contribution in [2.24, 2.45) is 0 Å². The van der Waals surface area contributed by atoms with Crippen LogP contribution in [-0.2, 0) is 19.0 Å². The van der Waals surface area contributed by atoms with Gasteiger partial charge in [-0.25, -0.2) is 4.79 Å². The molecule has 0 saturated carbocycles. The summed E-state index contributed by atoms with van der Waals surface area (Å²) in [6, 6.07) is 3.92. The average molecular weight is 488 g/mol. The third-order valence-electron chi connectivity index (χ3n) is 5.56. The van der Waals surface area contributed by atoms with Crippen LogP contribution < -0.4 is 4.74 Å². The number of phenols is 1. The van der Waals surface area contributed by atoms with Crippen LogP contribution in [-0.4, -0.2) is 115 Å². The third kappa shape index (κ3) is 5.66. The van der Waals surface area contributed by atoms with Crippen molar-refractivity contribution >= 4 is 12.0 Å². The van der Waals surface area contributed by atoms with Crippen molar-refractivity contribution in [2.45, 2.75) is 68.3 Å². The first-order chi connectivity index (χ1) is 16.0. The zero-order chi connectivity index (χ0) is 25.2. The van der Waals surface area contributed by atoms with Crippen molar-refractivity contribution in [1.82, 2.24) is 0 Å². The zero-order valence-electron chi connectivity index (χ0n) is 18.0. The van der Waals surface area contributed by atoms with E-state index < -0.39 is 79.7 Å². The normalized spacial score (nSPS) is 38.7. The van der Waals surface area contributed by atoms with Gasteiger partial charge in [0.2, 0.25) is 6.29 Å². The lowest BCUT2D eigenvalue weighted by Crippen LogP contribution is -2.64. The van der Waals surface area contributed by atoms with E-state index in [2.05, 4.69) is 0 Å². The van der Waals surface area contributed by atoms with Crippen LogP contribution in [0.4, 0.5) is 0 Å². The molecular weight excluding hydrogens is 460 g/mol. The van der Waals surface area contributed by atoms with Gasteiger partial charge < -0.3 is 59.8 Å². The molecule has 34 heavy (non-hydrogen) atoms. The lowest BCUT2D eigenvalue weighted by atomic mass is 9.97. The van der Waals surface area contributed by atoms with Gasteiger partial charge in [-0.2, -0.15) is 0 Å². The van der Waals surface area contributed by atoms with E-state index in [1.807, 2.05) is 0 Å². The molecule has 0 unspecified atom stereocenters. The average Bonchev–Trinajstić information content (AvgIpc) is 2.80. The predicted molar refractivity (Wildman–Crippen MR) is 110 cm³/mol. The van der Waals surface area contributed by atoms with Crippen molar-refractivity contribution in [3.8, 4) is 11.5 Å². The fourth-order valence-electron chi connectivity index (χ4n) is 3.63. The summed E-state index contributed by atoms with van der Waals surface area (Å²) in [7, 11) is 0. The molecule has 0 radical (unpaired) electrons. The SMILES string of the molecule is C[C@@H]1O[C@@H](O[C@H]2[C@H](O)[C@@H](O)[C@H](Oc3ccc(C=CC(=O)O)cc3O)O[C@@H]2CO)[C@H](O)[C@H](O)[C@H]1O. The number of carboxylic acid groups (broad SMARTS) is 1. The highest BCUT2D eigenvalue weighted by atomic mass is 16.7. The van der Waals surface area contributed by atoms with E-state index >= 15 is 0 Å². The summed E-state index contributed by atoms with van der Waals surface area (Å²) in [6.07, 6.45) is -12.7. The van der Waals surface area contributed by atoms with Gasteiger partial charge in [-0.15, -0.1) is 0 Å². The first-order valence-electron chi connectivity index (χ1n) is 10.4. The molecule has 0 spiro atoms. The molecule has 2 aliphatic heterocycles. The highest BCUT2D eigenvalue weighted by Crippen LogP contribution is 2.33. The van der Waals surface area contributed by atoms with Crippen molar-refractivity contribution < 1.29 is 64.6 Å². The van der Waals surface area contributed by atoms with Crippen molar-refractivity contribution in [3.63, 3.8) is 0 Å². The quantitative estimate of drug-likeness (QED) is 0.187. The van der Waals surface area contributed by atoms with Crippen LogP contribution in [0.1, 0.15) is 12.5 Å². The number of hydrogen-bond acceptors (Lipinski definition) is 12. The van der Waals surface area contributed by atoms with E-state index in [1.165, 1.54) is 31.2 Å². The predicted octanol–water partition coefficient (Wildman–Crippen LogP) is -2.48. The van der Waals surface area contributed by atoms with E-state index in [0.717, 1.165) is 6.08 Å².